The number of para-hydroxylation sites is 1. The van der Waals surface area contributed by atoms with E-state index in [-0.39, 0.29) is 11.6 Å². The van der Waals surface area contributed by atoms with Gasteiger partial charge >= 0.3 is 0 Å². The SMILES string of the molecule is O=[N+]([O-])c1ccc(/C=N/Nc2nnc3c4ccccc4n(Cc4ccccc4)c3n2)cc1. The van der Waals surface area contributed by atoms with Crippen LogP contribution < -0.4 is 5.43 Å². The lowest BCUT2D eigenvalue weighted by Gasteiger charge is -2.07. The summed E-state index contributed by atoms with van der Waals surface area (Å²) in [6, 6.07) is 24.2. The zero-order valence-corrected chi connectivity index (χ0v) is 16.8. The van der Waals surface area contributed by atoms with E-state index in [4.69, 9.17) is 0 Å². The predicted molar refractivity (Wildman–Crippen MR) is 123 cm³/mol. The zero-order chi connectivity index (χ0) is 21.9. The zero-order valence-electron chi connectivity index (χ0n) is 16.8. The molecule has 0 saturated carbocycles. The Bertz CT molecular complexity index is 1440. The summed E-state index contributed by atoms with van der Waals surface area (Å²) >= 11 is 0. The van der Waals surface area contributed by atoms with Crippen LogP contribution in [-0.4, -0.2) is 30.9 Å². The van der Waals surface area contributed by atoms with Gasteiger partial charge < -0.3 is 4.57 Å². The fourth-order valence-electron chi connectivity index (χ4n) is 3.52. The van der Waals surface area contributed by atoms with Crippen molar-refractivity contribution in [3.63, 3.8) is 0 Å². The van der Waals surface area contributed by atoms with Crippen molar-refractivity contribution in [1.29, 1.82) is 0 Å². The number of nitrogens with zero attached hydrogens (tertiary/aromatic N) is 6. The third-order valence-corrected chi connectivity index (χ3v) is 5.04. The standard InChI is InChI=1S/C23H17N7O2/c31-30(32)18-12-10-16(11-13-18)14-24-27-23-25-22-21(26-28-23)19-8-4-5-9-20(19)29(22)15-17-6-2-1-3-7-17/h1-14H,15H2,(H,25,27,28)/b24-14+. The van der Waals surface area contributed by atoms with E-state index in [1.54, 1.807) is 12.1 Å². The van der Waals surface area contributed by atoms with Gasteiger partial charge in [-0.05, 0) is 29.3 Å². The molecule has 5 aromatic rings. The van der Waals surface area contributed by atoms with Gasteiger partial charge in [0.05, 0.1) is 16.7 Å². The average Bonchev–Trinajstić information content (AvgIpc) is 3.13. The van der Waals surface area contributed by atoms with Crippen LogP contribution in [0.1, 0.15) is 11.1 Å². The molecule has 1 N–H and O–H groups in total. The van der Waals surface area contributed by atoms with E-state index in [1.807, 2.05) is 42.5 Å². The van der Waals surface area contributed by atoms with Gasteiger partial charge in [0.15, 0.2) is 5.65 Å². The molecule has 0 aliphatic rings. The fourth-order valence-corrected chi connectivity index (χ4v) is 3.52. The lowest BCUT2D eigenvalue weighted by Crippen LogP contribution is -2.04. The Labute approximate surface area is 182 Å². The van der Waals surface area contributed by atoms with E-state index in [2.05, 4.69) is 42.4 Å². The number of anilines is 1. The van der Waals surface area contributed by atoms with Crippen LogP contribution in [0.25, 0.3) is 22.1 Å². The molecule has 0 fully saturated rings. The highest BCUT2D eigenvalue weighted by atomic mass is 16.6. The molecule has 32 heavy (non-hydrogen) atoms. The number of hydrazone groups is 1. The van der Waals surface area contributed by atoms with Crippen LogP contribution >= 0.6 is 0 Å². The van der Waals surface area contributed by atoms with Gasteiger partial charge in [-0.1, -0.05) is 48.5 Å². The first-order chi connectivity index (χ1) is 15.7. The number of nitro groups is 1. The van der Waals surface area contributed by atoms with Crippen molar-refractivity contribution in [2.45, 2.75) is 6.54 Å². The summed E-state index contributed by atoms with van der Waals surface area (Å²) in [5.74, 6) is 0.257. The van der Waals surface area contributed by atoms with Crippen LogP contribution in [0.4, 0.5) is 11.6 Å². The Kier molecular flexibility index (Phi) is 4.97. The molecule has 156 valence electrons. The quantitative estimate of drug-likeness (QED) is 0.246. The van der Waals surface area contributed by atoms with Crippen LogP contribution in [0.15, 0.2) is 84.0 Å². The predicted octanol–water partition coefficient (Wildman–Crippen LogP) is 4.38. The molecule has 9 heteroatoms. The summed E-state index contributed by atoms with van der Waals surface area (Å²) in [7, 11) is 0. The molecule has 2 heterocycles. The first-order valence-corrected chi connectivity index (χ1v) is 9.88. The number of nitro benzene ring substituents is 1. The van der Waals surface area contributed by atoms with E-state index in [9.17, 15) is 10.1 Å². The first kappa shape index (κ1) is 19.3. The maximum absolute atomic E-state index is 10.8. The van der Waals surface area contributed by atoms with E-state index in [0.29, 0.717) is 17.8 Å². The molecule has 0 aliphatic carbocycles. The van der Waals surface area contributed by atoms with E-state index >= 15 is 0 Å². The van der Waals surface area contributed by atoms with Crippen LogP contribution in [0.5, 0.6) is 0 Å². The summed E-state index contributed by atoms with van der Waals surface area (Å²) in [6.07, 6.45) is 1.54. The number of rotatable bonds is 6. The largest absolute Gasteiger partial charge is 0.319 e. The maximum Gasteiger partial charge on any atom is 0.269 e. The second-order valence-electron chi connectivity index (χ2n) is 7.12. The molecule has 0 aliphatic heterocycles. The number of fused-ring (bicyclic) bond motifs is 3. The van der Waals surface area contributed by atoms with E-state index < -0.39 is 4.92 Å². The molecule has 0 radical (unpaired) electrons. The highest BCUT2D eigenvalue weighted by Gasteiger charge is 2.14. The van der Waals surface area contributed by atoms with E-state index in [0.717, 1.165) is 22.0 Å². The smallest absolute Gasteiger partial charge is 0.269 e. The number of hydrogen-bond acceptors (Lipinski definition) is 7. The van der Waals surface area contributed by atoms with Crippen LogP contribution in [-0.2, 0) is 6.54 Å². The minimum Gasteiger partial charge on any atom is -0.319 e. The lowest BCUT2D eigenvalue weighted by atomic mass is 10.2. The van der Waals surface area contributed by atoms with E-state index in [1.165, 1.54) is 18.3 Å². The van der Waals surface area contributed by atoms with Crippen LogP contribution in [0.2, 0.25) is 0 Å². The normalized spacial score (nSPS) is 11.4. The summed E-state index contributed by atoms with van der Waals surface area (Å²) in [4.78, 5) is 15.0. The summed E-state index contributed by atoms with van der Waals surface area (Å²) < 4.78 is 2.11. The van der Waals surface area contributed by atoms with Gasteiger partial charge in [0.1, 0.15) is 5.52 Å². The highest BCUT2D eigenvalue weighted by molar-refractivity contribution is 6.04. The molecule has 5 rings (SSSR count). The van der Waals surface area contributed by atoms with Crippen molar-refractivity contribution in [3.8, 4) is 0 Å². The highest BCUT2D eigenvalue weighted by Crippen LogP contribution is 2.27. The Morgan fingerprint density at radius 3 is 2.50 bits per heavy atom. The molecule has 0 amide bonds. The van der Waals surface area contributed by atoms with Crippen molar-refractivity contribution in [3.05, 3.63) is 100 Å². The molecule has 0 saturated heterocycles. The van der Waals surface area contributed by atoms with Crippen LogP contribution in [0.3, 0.4) is 0 Å². The third kappa shape index (κ3) is 3.74. The molecular weight excluding hydrogens is 406 g/mol. The average molecular weight is 423 g/mol. The molecule has 0 unspecified atom stereocenters. The molecule has 9 nitrogen and oxygen atoms in total. The van der Waals surface area contributed by atoms with Crippen molar-refractivity contribution >= 4 is 39.9 Å². The minimum absolute atomic E-state index is 0.0272. The van der Waals surface area contributed by atoms with Crippen LogP contribution in [0, 0.1) is 10.1 Å². The fraction of sp³-hybridized carbons (Fsp3) is 0.0435. The number of nitrogens with one attached hydrogen (secondary N) is 1. The molecular formula is C23H17N7O2. The van der Waals surface area contributed by atoms with Gasteiger partial charge in [-0.2, -0.15) is 10.1 Å². The molecule has 0 spiro atoms. The van der Waals surface area contributed by atoms with Gasteiger partial charge in [-0.3, -0.25) is 10.1 Å². The van der Waals surface area contributed by atoms with Gasteiger partial charge in [0, 0.05) is 24.1 Å². The monoisotopic (exact) mass is 423 g/mol. The lowest BCUT2D eigenvalue weighted by molar-refractivity contribution is -0.384. The Balaban J connectivity index is 1.46. The Hall–Kier alpha value is -4.66. The third-order valence-electron chi connectivity index (χ3n) is 5.04. The summed E-state index contributed by atoms with van der Waals surface area (Å²) in [5.41, 5.74) is 7.14. The van der Waals surface area contributed by atoms with Gasteiger partial charge in [-0.15, -0.1) is 10.2 Å². The second-order valence-corrected chi connectivity index (χ2v) is 7.12. The topological polar surface area (TPSA) is 111 Å². The molecule has 2 aromatic heterocycles. The van der Waals surface area contributed by atoms with Gasteiger partial charge in [-0.25, -0.2) is 5.43 Å². The molecule has 0 bridgehead atoms. The van der Waals surface area contributed by atoms with Crippen molar-refractivity contribution < 1.29 is 4.92 Å². The number of hydrogen-bond donors (Lipinski definition) is 1. The van der Waals surface area contributed by atoms with Crippen molar-refractivity contribution in [2.24, 2.45) is 5.10 Å². The first-order valence-electron chi connectivity index (χ1n) is 9.88. The minimum atomic E-state index is -0.442. The Morgan fingerprint density at radius 1 is 0.969 bits per heavy atom. The summed E-state index contributed by atoms with van der Waals surface area (Å²) in [6.45, 7) is 0.648. The molecule has 3 aromatic carbocycles. The van der Waals surface area contributed by atoms with Gasteiger partial charge in [0.2, 0.25) is 0 Å². The van der Waals surface area contributed by atoms with Gasteiger partial charge in [0.25, 0.3) is 11.6 Å². The number of non-ortho nitro benzene ring substituents is 1. The molecule has 0 atom stereocenters. The Morgan fingerprint density at radius 2 is 1.72 bits per heavy atom. The van der Waals surface area contributed by atoms with Crippen molar-refractivity contribution in [1.82, 2.24) is 19.7 Å². The summed E-state index contributed by atoms with van der Waals surface area (Å²) in [5, 5.41) is 24.4. The number of benzene rings is 3. The number of aromatic nitrogens is 4. The maximum atomic E-state index is 10.8. The second kappa shape index (κ2) is 8.23. The van der Waals surface area contributed by atoms with Crippen molar-refractivity contribution in [2.75, 3.05) is 5.43 Å².